The molecule has 3 rings (SSSR count). The van der Waals surface area contributed by atoms with E-state index in [1.54, 1.807) is 16.8 Å². The molecule has 0 fully saturated rings. The van der Waals surface area contributed by atoms with Crippen LogP contribution in [-0.2, 0) is 13.6 Å². The van der Waals surface area contributed by atoms with Crippen LogP contribution in [0.3, 0.4) is 0 Å². The summed E-state index contributed by atoms with van der Waals surface area (Å²) in [5, 5.41) is 0. The third-order valence-corrected chi connectivity index (χ3v) is 3.27. The summed E-state index contributed by atoms with van der Waals surface area (Å²) in [5.41, 5.74) is 7.12. The molecule has 1 aromatic carbocycles. The molecule has 2 aromatic heterocycles. The van der Waals surface area contributed by atoms with E-state index >= 15 is 0 Å². The van der Waals surface area contributed by atoms with Crippen LogP contribution in [0.15, 0.2) is 24.5 Å². The quantitative estimate of drug-likeness (QED) is 0.787. The van der Waals surface area contributed by atoms with Gasteiger partial charge < -0.3 is 19.6 Å². The SMILES string of the molecule is COc1cc2c(cc1F)nc(N)n2Cc1nccn1C. The number of nitrogen functional groups attached to an aromatic ring is 1. The Morgan fingerprint density at radius 1 is 1.40 bits per heavy atom. The average molecular weight is 275 g/mol. The topological polar surface area (TPSA) is 70.9 Å². The highest BCUT2D eigenvalue weighted by Crippen LogP contribution is 2.26. The lowest BCUT2D eigenvalue weighted by molar-refractivity contribution is 0.387. The van der Waals surface area contributed by atoms with Gasteiger partial charge in [-0.25, -0.2) is 14.4 Å². The molecule has 7 heteroatoms. The predicted molar refractivity (Wildman–Crippen MR) is 73.0 cm³/mol. The second-order valence-electron chi connectivity index (χ2n) is 4.49. The van der Waals surface area contributed by atoms with Crippen LogP contribution in [0.2, 0.25) is 0 Å². The van der Waals surface area contributed by atoms with Crippen LogP contribution in [0.4, 0.5) is 10.3 Å². The average Bonchev–Trinajstić information content (AvgIpc) is 2.94. The minimum Gasteiger partial charge on any atom is -0.494 e. The Kier molecular flexibility index (Phi) is 2.81. The van der Waals surface area contributed by atoms with Crippen LogP contribution in [-0.4, -0.2) is 26.2 Å². The van der Waals surface area contributed by atoms with E-state index in [4.69, 9.17) is 10.5 Å². The first-order valence-electron chi connectivity index (χ1n) is 6.05. The molecule has 104 valence electrons. The van der Waals surface area contributed by atoms with Crippen molar-refractivity contribution in [1.82, 2.24) is 19.1 Å². The second-order valence-corrected chi connectivity index (χ2v) is 4.49. The summed E-state index contributed by atoms with van der Waals surface area (Å²) in [4.78, 5) is 8.42. The number of anilines is 1. The fraction of sp³-hybridized carbons (Fsp3) is 0.231. The minimum absolute atomic E-state index is 0.165. The first kappa shape index (κ1) is 12.5. The summed E-state index contributed by atoms with van der Waals surface area (Å²) in [5.74, 6) is 0.857. The molecule has 0 aliphatic heterocycles. The van der Waals surface area contributed by atoms with Crippen LogP contribution in [0.1, 0.15) is 5.82 Å². The number of nitrogens with two attached hydrogens (primary N) is 1. The number of nitrogens with zero attached hydrogens (tertiary/aromatic N) is 4. The molecule has 0 aliphatic rings. The highest BCUT2D eigenvalue weighted by atomic mass is 19.1. The monoisotopic (exact) mass is 275 g/mol. The van der Waals surface area contributed by atoms with Crippen molar-refractivity contribution >= 4 is 17.0 Å². The van der Waals surface area contributed by atoms with E-state index < -0.39 is 5.82 Å². The van der Waals surface area contributed by atoms with Gasteiger partial charge in [-0.15, -0.1) is 0 Å². The zero-order valence-corrected chi connectivity index (χ0v) is 11.2. The Morgan fingerprint density at radius 3 is 2.85 bits per heavy atom. The molecule has 20 heavy (non-hydrogen) atoms. The van der Waals surface area contributed by atoms with E-state index in [0.29, 0.717) is 23.5 Å². The molecule has 0 spiro atoms. The molecule has 0 bridgehead atoms. The van der Waals surface area contributed by atoms with E-state index in [2.05, 4.69) is 9.97 Å². The molecular weight excluding hydrogens is 261 g/mol. The van der Waals surface area contributed by atoms with Gasteiger partial charge in [0.15, 0.2) is 11.6 Å². The van der Waals surface area contributed by atoms with Crippen molar-refractivity contribution in [2.75, 3.05) is 12.8 Å². The van der Waals surface area contributed by atoms with Gasteiger partial charge in [-0.2, -0.15) is 0 Å². The lowest BCUT2D eigenvalue weighted by Crippen LogP contribution is -2.08. The number of aryl methyl sites for hydroxylation is 1. The van der Waals surface area contributed by atoms with Crippen molar-refractivity contribution in [1.29, 1.82) is 0 Å². The number of hydrogen-bond donors (Lipinski definition) is 1. The third-order valence-electron chi connectivity index (χ3n) is 3.27. The summed E-state index contributed by atoms with van der Waals surface area (Å²) in [6, 6.07) is 2.91. The number of halogens is 1. The Labute approximate surface area is 114 Å². The lowest BCUT2D eigenvalue weighted by atomic mass is 10.3. The maximum Gasteiger partial charge on any atom is 0.201 e. The van der Waals surface area contributed by atoms with E-state index in [1.165, 1.54) is 13.2 Å². The second kappa shape index (κ2) is 4.52. The van der Waals surface area contributed by atoms with Gasteiger partial charge in [0.1, 0.15) is 5.82 Å². The fourth-order valence-corrected chi connectivity index (χ4v) is 2.16. The zero-order valence-electron chi connectivity index (χ0n) is 11.2. The predicted octanol–water partition coefficient (Wildman–Crippen LogP) is 1.55. The molecule has 2 N–H and O–H groups in total. The Balaban J connectivity index is 2.14. The summed E-state index contributed by atoms with van der Waals surface area (Å²) < 4.78 is 22.3. The fourth-order valence-electron chi connectivity index (χ4n) is 2.16. The number of imidazole rings is 2. The molecule has 0 amide bonds. The number of ether oxygens (including phenoxy) is 1. The maximum atomic E-state index is 13.7. The van der Waals surface area contributed by atoms with Crippen molar-refractivity contribution < 1.29 is 9.13 Å². The summed E-state index contributed by atoms with van der Waals surface area (Å²) in [7, 11) is 3.32. The lowest BCUT2D eigenvalue weighted by Gasteiger charge is -2.07. The van der Waals surface area contributed by atoms with Gasteiger partial charge >= 0.3 is 0 Å². The van der Waals surface area contributed by atoms with Crippen LogP contribution in [0.25, 0.3) is 11.0 Å². The first-order chi connectivity index (χ1) is 9.60. The molecule has 0 aliphatic carbocycles. The third kappa shape index (κ3) is 1.87. The van der Waals surface area contributed by atoms with Gasteiger partial charge in [-0.05, 0) is 0 Å². The van der Waals surface area contributed by atoms with Crippen LogP contribution in [0.5, 0.6) is 5.75 Å². The summed E-state index contributed by atoms with van der Waals surface area (Å²) in [6.07, 6.45) is 3.57. The molecular formula is C13H14FN5O. The van der Waals surface area contributed by atoms with Crippen molar-refractivity contribution in [3.63, 3.8) is 0 Å². The van der Waals surface area contributed by atoms with E-state index in [0.717, 1.165) is 5.82 Å². The Morgan fingerprint density at radius 2 is 2.20 bits per heavy atom. The van der Waals surface area contributed by atoms with Gasteiger partial charge in [0.2, 0.25) is 5.95 Å². The van der Waals surface area contributed by atoms with Crippen molar-refractivity contribution in [2.45, 2.75) is 6.54 Å². The van der Waals surface area contributed by atoms with Crippen LogP contribution >= 0.6 is 0 Å². The normalized spacial score (nSPS) is 11.2. The standard InChI is InChI=1S/C13H14FN5O/c1-18-4-3-16-12(18)7-19-10-6-11(20-2)8(14)5-9(10)17-13(19)15/h3-6H,7H2,1-2H3,(H2,15,17). The van der Waals surface area contributed by atoms with Gasteiger partial charge in [-0.3, -0.25) is 0 Å². The summed E-state index contributed by atoms with van der Waals surface area (Å²) >= 11 is 0. The number of aromatic nitrogens is 4. The number of hydrogen-bond acceptors (Lipinski definition) is 4. The molecule has 0 saturated heterocycles. The van der Waals surface area contributed by atoms with E-state index in [1.807, 2.05) is 17.8 Å². The molecule has 3 aromatic rings. The number of fused-ring (bicyclic) bond motifs is 1. The maximum absolute atomic E-state index is 13.7. The van der Waals surface area contributed by atoms with Gasteiger partial charge in [0.25, 0.3) is 0 Å². The highest BCUT2D eigenvalue weighted by molar-refractivity contribution is 5.80. The Hall–Kier alpha value is -2.57. The molecule has 2 heterocycles. The van der Waals surface area contributed by atoms with Gasteiger partial charge in [0, 0.05) is 31.6 Å². The molecule has 6 nitrogen and oxygen atoms in total. The highest BCUT2D eigenvalue weighted by Gasteiger charge is 2.14. The van der Waals surface area contributed by atoms with Gasteiger partial charge in [0.05, 0.1) is 24.7 Å². The van der Waals surface area contributed by atoms with Crippen molar-refractivity contribution in [2.24, 2.45) is 7.05 Å². The van der Waals surface area contributed by atoms with E-state index in [-0.39, 0.29) is 5.75 Å². The van der Waals surface area contributed by atoms with Crippen LogP contribution < -0.4 is 10.5 Å². The smallest absolute Gasteiger partial charge is 0.201 e. The van der Waals surface area contributed by atoms with Crippen molar-refractivity contribution in [3.8, 4) is 5.75 Å². The Bertz CT molecular complexity index is 777. The number of methoxy groups -OCH3 is 1. The van der Waals surface area contributed by atoms with E-state index in [9.17, 15) is 4.39 Å². The largest absolute Gasteiger partial charge is 0.494 e. The van der Waals surface area contributed by atoms with Crippen molar-refractivity contribution in [3.05, 3.63) is 36.2 Å². The van der Waals surface area contributed by atoms with Gasteiger partial charge in [-0.1, -0.05) is 0 Å². The first-order valence-corrected chi connectivity index (χ1v) is 6.05. The molecule has 0 atom stereocenters. The number of rotatable bonds is 3. The minimum atomic E-state index is -0.457. The van der Waals surface area contributed by atoms with Crippen LogP contribution in [0, 0.1) is 5.82 Å². The molecule has 0 saturated carbocycles. The molecule has 0 radical (unpaired) electrons. The summed E-state index contributed by atoms with van der Waals surface area (Å²) in [6.45, 7) is 0.459. The number of benzene rings is 1. The molecule has 0 unspecified atom stereocenters. The zero-order chi connectivity index (χ0) is 14.3.